The minimum absolute atomic E-state index is 0.110. The van der Waals surface area contributed by atoms with Crippen LogP contribution in [0.4, 0.5) is 0 Å². The first-order valence-corrected chi connectivity index (χ1v) is 10.2. The summed E-state index contributed by atoms with van der Waals surface area (Å²) in [6, 6.07) is 0. The fourth-order valence-corrected chi connectivity index (χ4v) is 5.55. The molecule has 5 aliphatic rings. The Labute approximate surface area is 162 Å². The zero-order chi connectivity index (χ0) is 19.4. The number of hydrogen-bond acceptors (Lipinski definition) is 5. The molecule has 0 N–H and O–H groups in total. The molecule has 150 valence electrons. The van der Waals surface area contributed by atoms with Crippen LogP contribution in [-0.2, 0) is 23.8 Å². The Balaban J connectivity index is 0.000000168. The van der Waals surface area contributed by atoms with Crippen molar-refractivity contribution < 1.29 is 23.8 Å². The molecule has 0 aromatic carbocycles. The number of carbonyl (C=O) groups is 2. The van der Waals surface area contributed by atoms with E-state index in [2.05, 4.69) is 20.1 Å². The van der Waals surface area contributed by atoms with Crippen LogP contribution < -0.4 is 0 Å². The summed E-state index contributed by atoms with van der Waals surface area (Å²) < 4.78 is 15.7. The van der Waals surface area contributed by atoms with Gasteiger partial charge in [-0.2, -0.15) is 0 Å². The third kappa shape index (κ3) is 4.63. The van der Waals surface area contributed by atoms with Gasteiger partial charge in [-0.05, 0) is 75.5 Å². The van der Waals surface area contributed by atoms with E-state index in [0.717, 1.165) is 37.4 Å². The minimum Gasteiger partial charge on any atom is -0.460 e. The van der Waals surface area contributed by atoms with E-state index >= 15 is 0 Å². The molecule has 1 heterocycles. The van der Waals surface area contributed by atoms with E-state index in [1.807, 2.05) is 0 Å². The van der Waals surface area contributed by atoms with Gasteiger partial charge in [-0.25, -0.2) is 9.59 Å². The van der Waals surface area contributed by atoms with Crippen molar-refractivity contribution in [3.63, 3.8) is 0 Å². The number of esters is 2. The van der Waals surface area contributed by atoms with Crippen molar-refractivity contribution in [2.45, 2.75) is 63.6 Å². The van der Waals surface area contributed by atoms with E-state index in [9.17, 15) is 9.59 Å². The first kappa shape index (κ1) is 20.1. The molecular weight excluding hydrogens is 344 g/mol. The molecule has 5 nitrogen and oxygen atoms in total. The van der Waals surface area contributed by atoms with Crippen molar-refractivity contribution in [3.8, 4) is 0 Å². The standard InChI is InChI=1S/C14H20O2.C8H12O3/c1-3-13(15)16-14(2)11-5-9-4-10(7-11)8-12(14)6-9;1-2-8(9)11-6-7-4-3-5-10-7/h3,9-12H,1,4-8H2,2H3;2,7H,1,3-6H2. The number of ether oxygens (including phenoxy) is 3. The SMILES string of the molecule is C=CC(=O)OC1(C)C2CC3CC(C2)CC1C3.C=CC(=O)OCC1CCCO1. The first-order valence-electron chi connectivity index (χ1n) is 10.2. The van der Waals surface area contributed by atoms with Crippen molar-refractivity contribution >= 4 is 11.9 Å². The predicted molar refractivity (Wildman–Crippen MR) is 102 cm³/mol. The molecule has 1 atom stereocenters. The highest BCUT2D eigenvalue weighted by Crippen LogP contribution is 2.59. The normalized spacial score (nSPS) is 38.5. The van der Waals surface area contributed by atoms with Crippen LogP contribution in [0, 0.1) is 23.7 Å². The second-order valence-electron chi connectivity index (χ2n) is 8.58. The molecule has 0 spiro atoms. The summed E-state index contributed by atoms with van der Waals surface area (Å²) in [5, 5.41) is 0. The monoisotopic (exact) mass is 376 g/mol. The van der Waals surface area contributed by atoms with Crippen molar-refractivity contribution in [2.75, 3.05) is 13.2 Å². The van der Waals surface area contributed by atoms with Gasteiger partial charge in [-0.15, -0.1) is 0 Å². The van der Waals surface area contributed by atoms with Crippen LogP contribution in [0.3, 0.4) is 0 Å². The Hall–Kier alpha value is -1.62. The number of rotatable bonds is 5. The maximum Gasteiger partial charge on any atom is 0.330 e. The first-order chi connectivity index (χ1) is 12.9. The van der Waals surface area contributed by atoms with Crippen LogP contribution >= 0.6 is 0 Å². The summed E-state index contributed by atoms with van der Waals surface area (Å²) in [6.07, 6.45) is 11.1. The lowest BCUT2D eigenvalue weighted by atomic mass is 9.50. The summed E-state index contributed by atoms with van der Waals surface area (Å²) in [5.41, 5.74) is -0.196. The Bertz CT molecular complexity index is 547. The topological polar surface area (TPSA) is 61.8 Å². The molecule has 0 amide bonds. The van der Waals surface area contributed by atoms with E-state index in [4.69, 9.17) is 14.2 Å². The number of hydrogen-bond donors (Lipinski definition) is 0. The van der Waals surface area contributed by atoms with E-state index in [1.165, 1.54) is 38.2 Å². The van der Waals surface area contributed by atoms with Gasteiger partial charge < -0.3 is 14.2 Å². The van der Waals surface area contributed by atoms with Crippen molar-refractivity contribution in [3.05, 3.63) is 25.3 Å². The summed E-state index contributed by atoms with van der Waals surface area (Å²) in [4.78, 5) is 22.0. The van der Waals surface area contributed by atoms with Gasteiger partial charge in [0.1, 0.15) is 12.2 Å². The van der Waals surface area contributed by atoms with E-state index in [0.29, 0.717) is 18.4 Å². The molecule has 1 aliphatic heterocycles. The van der Waals surface area contributed by atoms with Crippen molar-refractivity contribution in [1.82, 2.24) is 0 Å². The lowest BCUT2D eigenvalue weighted by Crippen LogP contribution is -2.57. The molecule has 5 rings (SSSR count). The third-order valence-corrected chi connectivity index (χ3v) is 6.85. The van der Waals surface area contributed by atoms with Crippen LogP contribution in [0.15, 0.2) is 25.3 Å². The molecule has 4 bridgehead atoms. The average Bonchev–Trinajstić information content (AvgIpc) is 3.18. The van der Waals surface area contributed by atoms with Crippen LogP contribution in [-0.4, -0.2) is 36.9 Å². The summed E-state index contributed by atoms with van der Waals surface area (Å²) in [6.45, 7) is 10.1. The average molecular weight is 376 g/mol. The summed E-state index contributed by atoms with van der Waals surface area (Å²) in [5.74, 6) is 2.42. The molecule has 0 radical (unpaired) electrons. The molecule has 1 unspecified atom stereocenters. The van der Waals surface area contributed by atoms with E-state index in [-0.39, 0.29) is 23.6 Å². The van der Waals surface area contributed by atoms with Gasteiger partial charge >= 0.3 is 11.9 Å². The van der Waals surface area contributed by atoms with Crippen LogP contribution in [0.1, 0.15) is 51.9 Å². The van der Waals surface area contributed by atoms with Gasteiger partial charge in [-0.1, -0.05) is 13.2 Å². The lowest BCUT2D eigenvalue weighted by Gasteiger charge is -2.58. The zero-order valence-electron chi connectivity index (χ0n) is 16.4. The highest BCUT2D eigenvalue weighted by atomic mass is 16.6. The maximum absolute atomic E-state index is 11.5. The Morgan fingerprint density at radius 1 is 1.04 bits per heavy atom. The van der Waals surface area contributed by atoms with Crippen LogP contribution in [0.5, 0.6) is 0 Å². The Kier molecular flexibility index (Phi) is 6.40. The van der Waals surface area contributed by atoms with Gasteiger partial charge in [0.05, 0.1) is 6.10 Å². The highest BCUT2D eigenvalue weighted by Gasteiger charge is 2.56. The highest BCUT2D eigenvalue weighted by molar-refractivity contribution is 5.81. The fraction of sp³-hybridized carbons (Fsp3) is 0.727. The molecule has 5 fully saturated rings. The number of carbonyl (C=O) groups excluding carboxylic acids is 2. The summed E-state index contributed by atoms with van der Waals surface area (Å²) >= 11 is 0. The Morgan fingerprint density at radius 3 is 2.11 bits per heavy atom. The maximum atomic E-state index is 11.5. The second kappa shape index (κ2) is 8.59. The predicted octanol–water partition coefficient (Wildman–Crippen LogP) is 3.83. The molecule has 0 aromatic rings. The zero-order valence-corrected chi connectivity index (χ0v) is 16.4. The molecule has 1 saturated heterocycles. The van der Waals surface area contributed by atoms with Crippen LogP contribution in [0.2, 0.25) is 0 Å². The molecular formula is C22H32O5. The molecule has 0 aromatic heterocycles. The molecule has 4 aliphatic carbocycles. The van der Waals surface area contributed by atoms with E-state index < -0.39 is 0 Å². The Morgan fingerprint density at radius 2 is 1.63 bits per heavy atom. The van der Waals surface area contributed by atoms with Gasteiger partial charge in [0.2, 0.25) is 0 Å². The molecule has 4 saturated carbocycles. The van der Waals surface area contributed by atoms with Gasteiger partial charge in [0.25, 0.3) is 0 Å². The molecule has 27 heavy (non-hydrogen) atoms. The molecule has 5 heteroatoms. The van der Waals surface area contributed by atoms with Crippen molar-refractivity contribution in [1.29, 1.82) is 0 Å². The lowest BCUT2D eigenvalue weighted by molar-refractivity contribution is -0.198. The van der Waals surface area contributed by atoms with Gasteiger partial charge in [0, 0.05) is 18.8 Å². The summed E-state index contributed by atoms with van der Waals surface area (Å²) in [7, 11) is 0. The third-order valence-electron chi connectivity index (χ3n) is 6.85. The minimum atomic E-state index is -0.375. The van der Waals surface area contributed by atoms with Crippen molar-refractivity contribution in [2.24, 2.45) is 23.7 Å². The van der Waals surface area contributed by atoms with Gasteiger partial charge in [-0.3, -0.25) is 0 Å². The smallest absolute Gasteiger partial charge is 0.330 e. The quantitative estimate of drug-likeness (QED) is 0.539. The fourth-order valence-electron chi connectivity index (χ4n) is 5.55. The second-order valence-corrected chi connectivity index (χ2v) is 8.58. The van der Waals surface area contributed by atoms with Crippen LogP contribution in [0.25, 0.3) is 0 Å². The largest absolute Gasteiger partial charge is 0.460 e. The van der Waals surface area contributed by atoms with E-state index in [1.54, 1.807) is 0 Å². The van der Waals surface area contributed by atoms with Gasteiger partial charge in [0.15, 0.2) is 0 Å².